The number of halogens is 1. The Morgan fingerprint density at radius 2 is 1.79 bits per heavy atom. The van der Waals surface area contributed by atoms with Crippen molar-refractivity contribution >= 4 is 11.7 Å². The Balaban J connectivity index is 1.67. The second-order valence-corrected chi connectivity index (χ2v) is 6.81. The molecule has 4 rings (SSSR count). The minimum Gasteiger partial charge on any atom is -0.497 e. The molecule has 0 saturated carbocycles. The van der Waals surface area contributed by atoms with Crippen LogP contribution in [0.25, 0.3) is 0 Å². The van der Waals surface area contributed by atoms with Crippen molar-refractivity contribution in [1.82, 2.24) is 9.47 Å². The molecule has 0 bridgehead atoms. The highest BCUT2D eigenvalue weighted by molar-refractivity contribution is 5.90. The minimum atomic E-state index is -0.387. The molecule has 1 N–H and O–H groups in total. The lowest BCUT2D eigenvalue weighted by atomic mass is 10.00. The maximum absolute atomic E-state index is 13.9. The highest BCUT2D eigenvalue weighted by Crippen LogP contribution is 2.34. The molecule has 0 saturated heterocycles. The van der Waals surface area contributed by atoms with Crippen LogP contribution in [0.4, 0.5) is 14.9 Å². The monoisotopic (exact) mass is 395 g/mol. The molecule has 1 unspecified atom stereocenters. The number of nitrogens with zero attached hydrogens (tertiary/aromatic N) is 2. The van der Waals surface area contributed by atoms with Crippen LogP contribution in [-0.4, -0.2) is 36.3 Å². The third-order valence-electron chi connectivity index (χ3n) is 5.07. The van der Waals surface area contributed by atoms with Crippen molar-refractivity contribution in [2.45, 2.75) is 12.6 Å². The SMILES string of the molecule is COc1cc(NC(=O)N2CCn3cccc3C2c2cccc(F)c2)cc(OC)c1. The highest BCUT2D eigenvalue weighted by Gasteiger charge is 2.32. The summed E-state index contributed by atoms with van der Waals surface area (Å²) < 4.78 is 26.6. The van der Waals surface area contributed by atoms with Crippen molar-refractivity contribution in [2.24, 2.45) is 0 Å². The molecule has 0 radical (unpaired) electrons. The van der Waals surface area contributed by atoms with Crippen molar-refractivity contribution in [3.8, 4) is 11.5 Å². The molecule has 1 aliphatic heterocycles. The average Bonchev–Trinajstić information content (AvgIpc) is 3.21. The molecule has 3 aromatic rings. The Morgan fingerprint density at radius 1 is 1.03 bits per heavy atom. The van der Waals surface area contributed by atoms with Crippen molar-refractivity contribution in [2.75, 3.05) is 26.1 Å². The molecular formula is C22H22FN3O3. The van der Waals surface area contributed by atoms with Gasteiger partial charge in [0.1, 0.15) is 17.3 Å². The van der Waals surface area contributed by atoms with E-state index >= 15 is 0 Å². The summed E-state index contributed by atoms with van der Waals surface area (Å²) in [7, 11) is 3.11. The maximum Gasteiger partial charge on any atom is 0.322 e. The molecule has 2 aromatic carbocycles. The van der Waals surface area contributed by atoms with Crippen molar-refractivity contribution in [3.63, 3.8) is 0 Å². The zero-order valence-corrected chi connectivity index (χ0v) is 16.3. The Kier molecular flexibility index (Phi) is 5.12. The van der Waals surface area contributed by atoms with Gasteiger partial charge >= 0.3 is 6.03 Å². The van der Waals surface area contributed by atoms with Gasteiger partial charge in [-0.25, -0.2) is 9.18 Å². The maximum atomic E-state index is 13.9. The second kappa shape index (κ2) is 7.87. The van der Waals surface area contributed by atoms with Crippen LogP contribution in [0, 0.1) is 5.82 Å². The third kappa shape index (κ3) is 3.76. The molecule has 7 heteroatoms. The van der Waals surface area contributed by atoms with E-state index in [1.807, 2.05) is 24.4 Å². The molecule has 1 atom stereocenters. The molecule has 0 fully saturated rings. The Morgan fingerprint density at radius 3 is 2.48 bits per heavy atom. The summed E-state index contributed by atoms with van der Waals surface area (Å²) in [4.78, 5) is 14.9. The number of ether oxygens (including phenoxy) is 2. The number of hydrogen-bond acceptors (Lipinski definition) is 3. The van der Waals surface area contributed by atoms with Gasteiger partial charge in [0, 0.05) is 48.9 Å². The fraction of sp³-hybridized carbons (Fsp3) is 0.227. The summed E-state index contributed by atoms with van der Waals surface area (Å²) in [6.45, 7) is 1.17. The number of benzene rings is 2. The quantitative estimate of drug-likeness (QED) is 0.717. The number of aromatic nitrogens is 1. The van der Waals surface area contributed by atoms with Crippen LogP contribution in [-0.2, 0) is 6.54 Å². The van der Waals surface area contributed by atoms with Crippen LogP contribution in [0.2, 0.25) is 0 Å². The van der Waals surface area contributed by atoms with Crippen molar-refractivity contribution < 1.29 is 18.7 Å². The highest BCUT2D eigenvalue weighted by atomic mass is 19.1. The number of carbonyl (C=O) groups is 1. The molecule has 0 spiro atoms. The molecule has 2 amide bonds. The zero-order valence-electron chi connectivity index (χ0n) is 16.3. The summed E-state index contributed by atoms with van der Waals surface area (Å²) in [6, 6.07) is 14.8. The summed E-state index contributed by atoms with van der Waals surface area (Å²) in [5.74, 6) is 0.826. The smallest absolute Gasteiger partial charge is 0.322 e. The molecule has 1 aliphatic rings. The van der Waals surface area contributed by atoms with Crippen molar-refractivity contribution in [1.29, 1.82) is 0 Å². The van der Waals surface area contributed by atoms with E-state index in [4.69, 9.17) is 9.47 Å². The largest absolute Gasteiger partial charge is 0.497 e. The molecular weight excluding hydrogens is 373 g/mol. The Labute approximate surface area is 168 Å². The lowest BCUT2D eigenvalue weighted by molar-refractivity contribution is 0.181. The first-order chi connectivity index (χ1) is 14.1. The van der Waals surface area contributed by atoms with Crippen LogP contribution < -0.4 is 14.8 Å². The van der Waals surface area contributed by atoms with Crippen LogP contribution in [0.15, 0.2) is 60.8 Å². The number of fused-ring (bicyclic) bond motifs is 1. The molecule has 150 valence electrons. The second-order valence-electron chi connectivity index (χ2n) is 6.81. The van der Waals surface area contributed by atoms with E-state index < -0.39 is 0 Å². The average molecular weight is 395 g/mol. The van der Waals surface area contributed by atoms with Crippen LogP contribution >= 0.6 is 0 Å². The summed E-state index contributed by atoms with van der Waals surface area (Å²) in [6.07, 6.45) is 1.98. The van der Waals surface area contributed by atoms with Gasteiger partial charge in [-0.1, -0.05) is 12.1 Å². The van der Waals surface area contributed by atoms with Crippen LogP contribution in [0.5, 0.6) is 11.5 Å². The van der Waals surface area contributed by atoms with Gasteiger partial charge < -0.3 is 24.3 Å². The summed E-state index contributed by atoms with van der Waals surface area (Å²) in [5.41, 5.74) is 2.23. The number of anilines is 1. The van der Waals surface area contributed by atoms with E-state index in [9.17, 15) is 9.18 Å². The number of urea groups is 1. The molecule has 2 heterocycles. The fourth-order valence-electron chi connectivity index (χ4n) is 3.70. The van der Waals surface area contributed by atoms with Gasteiger partial charge in [-0.05, 0) is 29.8 Å². The van der Waals surface area contributed by atoms with E-state index in [0.29, 0.717) is 30.3 Å². The molecule has 0 aliphatic carbocycles. The van der Waals surface area contributed by atoms with Crippen LogP contribution in [0.3, 0.4) is 0 Å². The molecule has 6 nitrogen and oxygen atoms in total. The van der Waals surface area contributed by atoms with Gasteiger partial charge in [0.05, 0.1) is 20.3 Å². The van der Waals surface area contributed by atoms with E-state index in [1.54, 1.807) is 43.4 Å². The predicted molar refractivity (Wildman–Crippen MR) is 108 cm³/mol. The number of carbonyl (C=O) groups excluding carboxylic acids is 1. The number of hydrogen-bond donors (Lipinski definition) is 1. The molecule has 1 aromatic heterocycles. The van der Waals surface area contributed by atoms with Crippen LogP contribution in [0.1, 0.15) is 17.3 Å². The van der Waals surface area contributed by atoms with Gasteiger partial charge in [-0.15, -0.1) is 0 Å². The standard InChI is InChI=1S/C22H22FN3O3/c1-28-18-12-17(13-19(14-18)29-2)24-22(27)26-10-9-25-8-4-7-20(25)21(26)15-5-3-6-16(23)11-15/h3-8,11-14,21H,9-10H2,1-2H3,(H,24,27). The van der Waals surface area contributed by atoms with Crippen molar-refractivity contribution in [3.05, 3.63) is 77.9 Å². The van der Waals surface area contributed by atoms with Gasteiger partial charge in [0.15, 0.2) is 0 Å². The number of nitrogens with one attached hydrogen (secondary N) is 1. The lowest BCUT2D eigenvalue weighted by Gasteiger charge is -2.37. The zero-order chi connectivity index (χ0) is 20.4. The van der Waals surface area contributed by atoms with Gasteiger partial charge in [-0.2, -0.15) is 0 Å². The molecule has 29 heavy (non-hydrogen) atoms. The number of amides is 2. The lowest BCUT2D eigenvalue weighted by Crippen LogP contribution is -2.44. The Hall–Kier alpha value is -3.48. The van der Waals surface area contributed by atoms with E-state index in [2.05, 4.69) is 9.88 Å². The first kappa shape index (κ1) is 18.9. The summed E-state index contributed by atoms with van der Waals surface area (Å²) in [5, 5.41) is 2.92. The third-order valence-corrected chi connectivity index (χ3v) is 5.07. The normalized spacial score (nSPS) is 15.6. The van der Waals surface area contributed by atoms with E-state index in [0.717, 1.165) is 11.3 Å². The fourth-order valence-corrected chi connectivity index (χ4v) is 3.70. The van der Waals surface area contributed by atoms with Gasteiger partial charge in [0.25, 0.3) is 0 Å². The number of methoxy groups -OCH3 is 2. The minimum absolute atomic E-state index is 0.276. The topological polar surface area (TPSA) is 55.7 Å². The summed E-state index contributed by atoms with van der Waals surface area (Å²) >= 11 is 0. The Bertz CT molecular complexity index is 1010. The first-order valence-corrected chi connectivity index (χ1v) is 9.30. The predicted octanol–water partition coefficient (Wildman–Crippen LogP) is 4.28. The van der Waals surface area contributed by atoms with Gasteiger partial charge in [-0.3, -0.25) is 0 Å². The van der Waals surface area contributed by atoms with E-state index in [1.165, 1.54) is 12.1 Å². The first-order valence-electron chi connectivity index (χ1n) is 9.30. The van der Waals surface area contributed by atoms with Gasteiger partial charge in [0.2, 0.25) is 0 Å². The van der Waals surface area contributed by atoms with E-state index in [-0.39, 0.29) is 17.9 Å². The number of rotatable bonds is 4.